The molecule has 0 N–H and O–H groups in total. The van der Waals surface area contributed by atoms with E-state index in [-0.39, 0.29) is 52.2 Å². The highest BCUT2D eigenvalue weighted by molar-refractivity contribution is 7.90. The van der Waals surface area contributed by atoms with Crippen molar-refractivity contribution in [3.63, 3.8) is 0 Å². The van der Waals surface area contributed by atoms with Crippen molar-refractivity contribution < 1.29 is 22.3 Å². The highest BCUT2D eigenvalue weighted by atomic mass is 35.5. The predicted molar refractivity (Wildman–Crippen MR) is 160 cm³/mol. The van der Waals surface area contributed by atoms with Gasteiger partial charge in [-0.2, -0.15) is 0 Å². The molecular weight excluding hydrogens is 593 g/mol. The second-order valence-corrected chi connectivity index (χ2v) is 13.7. The van der Waals surface area contributed by atoms with Gasteiger partial charge < -0.3 is 9.30 Å². The average molecular weight is 622 g/mol. The van der Waals surface area contributed by atoms with Gasteiger partial charge in [0.25, 0.3) is 10.0 Å². The third-order valence-electron chi connectivity index (χ3n) is 8.98. The number of aryl methyl sites for hydroxylation is 1. The smallest absolute Gasteiger partial charge is 0.311 e. The van der Waals surface area contributed by atoms with Gasteiger partial charge in [0, 0.05) is 35.7 Å². The van der Waals surface area contributed by atoms with Crippen LogP contribution in [0.1, 0.15) is 44.2 Å². The molecule has 3 fully saturated rings. The summed E-state index contributed by atoms with van der Waals surface area (Å²) in [6.45, 7) is 3.94. The van der Waals surface area contributed by atoms with Gasteiger partial charge in [-0.05, 0) is 69.6 Å². The Morgan fingerprint density at radius 1 is 1.02 bits per heavy atom. The van der Waals surface area contributed by atoms with Crippen molar-refractivity contribution in [2.24, 2.45) is 17.8 Å². The fourth-order valence-corrected chi connectivity index (χ4v) is 8.46. The minimum absolute atomic E-state index is 0.1000. The van der Waals surface area contributed by atoms with E-state index >= 15 is 4.39 Å². The van der Waals surface area contributed by atoms with Gasteiger partial charge in [0.15, 0.2) is 17.3 Å². The van der Waals surface area contributed by atoms with Crippen molar-refractivity contribution >= 4 is 49.7 Å². The van der Waals surface area contributed by atoms with Crippen molar-refractivity contribution in [2.45, 2.75) is 50.5 Å². The van der Waals surface area contributed by atoms with Crippen molar-refractivity contribution in [1.29, 1.82) is 0 Å². The number of halogens is 2. The first-order chi connectivity index (χ1) is 20.7. The van der Waals surface area contributed by atoms with E-state index in [2.05, 4.69) is 9.97 Å². The molecule has 5 aromatic rings. The van der Waals surface area contributed by atoms with E-state index in [1.165, 1.54) is 24.8 Å². The number of esters is 1. The third-order valence-corrected chi connectivity index (χ3v) is 10.8. The van der Waals surface area contributed by atoms with Gasteiger partial charge in [-0.1, -0.05) is 29.3 Å². The normalized spacial score (nSPS) is 22.0. The number of carbonyl (C=O) groups is 1. The summed E-state index contributed by atoms with van der Waals surface area (Å²) in [7, 11) is -4.04. The second-order valence-electron chi connectivity index (χ2n) is 11.4. The maximum Gasteiger partial charge on any atom is 0.311 e. The van der Waals surface area contributed by atoms with E-state index in [1.807, 2.05) is 6.92 Å². The van der Waals surface area contributed by atoms with Gasteiger partial charge in [-0.3, -0.25) is 4.79 Å². The van der Waals surface area contributed by atoms with Crippen LogP contribution in [0.3, 0.4) is 0 Å². The Balaban J connectivity index is 1.40. The highest BCUT2D eigenvalue weighted by Crippen LogP contribution is 2.52. The summed E-state index contributed by atoms with van der Waals surface area (Å²) in [6.07, 6.45) is 9.39. The summed E-state index contributed by atoms with van der Waals surface area (Å²) in [5.74, 6) is -0.618. The van der Waals surface area contributed by atoms with Crippen LogP contribution in [0.5, 0.6) is 0 Å². The van der Waals surface area contributed by atoms with Crippen LogP contribution in [-0.2, 0) is 19.6 Å². The molecule has 2 bridgehead atoms. The van der Waals surface area contributed by atoms with E-state index in [0.29, 0.717) is 21.6 Å². The average Bonchev–Trinajstić information content (AvgIpc) is 3.55. The summed E-state index contributed by atoms with van der Waals surface area (Å²) >= 11 is 6.31. The molecule has 0 spiro atoms. The fraction of sp³-hybridized carbons (Fsp3) is 0.355. The minimum Gasteiger partial charge on any atom is -0.466 e. The largest absolute Gasteiger partial charge is 0.466 e. The van der Waals surface area contributed by atoms with Crippen molar-refractivity contribution in [2.75, 3.05) is 6.61 Å². The molecule has 3 aliphatic rings. The summed E-state index contributed by atoms with van der Waals surface area (Å²) in [5.41, 5.74) is 1.81. The van der Waals surface area contributed by atoms with Crippen LogP contribution in [0.25, 0.3) is 33.5 Å². The first-order valence-corrected chi connectivity index (χ1v) is 16.2. The fourth-order valence-electron chi connectivity index (χ4n) is 6.98. The van der Waals surface area contributed by atoms with E-state index in [1.54, 1.807) is 41.8 Å². The molecule has 9 nitrogen and oxygen atoms in total. The Morgan fingerprint density at radius 3 is 2.47 bits per heavy atom. The number of benzene rings is 1. The highest BCUT2D eigenvalue weighted by Gasteiger charge is 2.49. The maximum atomic E-state index is 15.4. The molecule has 0 unspecified atom stereocenters. The quantitative estimate of drug-likeness (QED) is 0.204. The van der Waals surface area contributed by atoms with E-state index < -0.39 is 21.8 Å². The van der Waals surface area contributed by atoms with Crippen LogP contribution in [-0.4, -0.2) is 44.5 Å². The molecule has 3 aliphatic carbocycles. The van der Waals surface area contributed by atoms with E-state index in [9.17, 15) is 13.2 Å². The van der Waals surface area contributed by atoms with Gasteiger partial charge in [-0.25, -0.2) is 31.7 Å². The van der Waals surface area contributed by atoms with Gasteiger partial charge in [0.2, 0.25) is 0 Å². The monoisotopic (exact) mass is 621 g/mol. The lowest BCUT2D eigenvalue weighted by Crippen LogP contribution is -2.45. The van der Waals surface area contributed by atoms with Gasteiger partial charge in [-0.15, -0.1) is 0 Å². The summed E-state index contributed by atoms with van der Waals surface area (Å²) < 4.78 is 51.2. The molecule has 1 aromatic carbocycles. The van der Waals surface area contributed by atoms with Crippen molar-refractivity contribution in [3.05, 3.63) is 71.5 Å². The Morgan fingerprint density at radius 2 is 1.74 bits per heavy atom. The Labute approximate surface area is 252 Å². The van der Waals surface area contributed by atoms with Crippen LogP contribution in [0.15, 0.2) is 60.0 Å². The molecule has 12 heteroatoms. The van der Waals surface area contributed by atoms with Crippen LogP contribution < -0.4 is 0 Å². The molecule has 222 valence electrons. The molecule has 0 radical (unpaired) electrons. The molecule has 0 aliphatic heterocycles. The number of pyridine rings is 1. The summed E-state index contributed by atoms with van der Waals surface area (Å²) in [5, 5.41) is 0.965. The van der Waals surface area contributed by atoms with E-state index in [4.69, 9.17) is 21.3 Å². The maximum absolute atomic E-state index is 15.4. The van der Waals surface area contributed by atoms with Crippen molar-refractivity contribution in [1.82, 2.24) is 23.5 Å². The first-order valence-electron chi connectivity index (χ1n) is 14.4. The number of hydrogen-bond donors (Lipinski definition) is 0. The molecule has 4 heterocycles. The SMILES string of the molecule is CCOC(=O)[C@@H]1C2CCC(CC2)[C@H]1n1cc(F)c2cnc(-c3cn(S(=O)(=O)c4ccc(C)cc4)c4ncc(Cl)cc34)nc21. The summed E-state index contributed by atoms with van der Waals surface area (Å²) in [4.78, 5) is 26.9. The number of ether oxygens (including phenoxy) is 1. The predicted octanol–water partition coefficient (Wildman–Crippen LogP) is 6.33. The minimum atomic E-state index is -4.04. The third kappa shape index (κ3) is 4.51. The number of carbonyl (C=O) groups excluding carboxylic acids is 1. The standard InChI is InChI=1S/C31H29ClFN5O4S/c1-3-42-31(39)26-18-6-8-19(9-7-18)27(26)37-16-25(33)23-14-34-28(36-30(23)37)24-15-38(29-22(24)12-20(32)13-35-29)43(40,41)21-10-4-17(2)5-11-21/h4-5,10-16,18-19,26-27H,3,6-9H2,1-2H3/t18?,19?,26-,27-/m1/s1. The zero-order valence-electron chi connectivity index (χ0n) is 23.6. The molecule has 0 saturated heterocycles. The molecular formula is C31H29ClFN5O4S. The Kier molecular flexibility index (Phi) is 6.77. The zero-order valence-corrected chi connectivity index (χ0v) is 25.1. The Bertz CT molecular complexity index is 2000. The van der Waals surface area contributed by atoms with Crippen LogP contribution in [0.2, 0.25) is 5.02 Å². The lowest BCUT2D eigenvalue weighted by Gasteiger charge is -2.47. The first kappa shape index (κ1) is 28.0. The lowest BCUT2D eigenvalue weighted by atomic mass is 9.61. The van der Waals surface area contributed by atoms with Crippen LogP contribution >= 0.6 is 11.6 Å². The molecule has 3 saturated carbocycles. The Hall–Kier alpha value is -3.83. The van der Waals surface area contributed by atoms with Gasteiger partial charge >= 0.3 is 5.97 Å². The topological polar surface area (TPSA) is 109 Å². The van der Waals surface area contributed by atoms with E-state index in [0.717, 1.165) is 35.2 Å². The van der Waals surface area contributed by atoms with Crippen molar-refractivity contribution in [3.8, 4) is 11.4 Å². The molecule has 8 rings (SSSR count). The number of hydrogen-bond acceptors (Lipinski definition) is 7. The number of rotatable bonds is 6. The van der Waals surface area contributed by atoms with Gasteiger partial charge in [0.05, 0.1) is 33.9 Å². The van der Waals surface area contributed by atoms with Crippen LogP contribution in [0.4, 0.5) is 4.39 Å². The number of fused-ring (bicyclic) bond motifs is 5. The van der Waals surface area contributed by atoms with Gasteiger partial charge in [0.1, 0.15) is 5.65 Å². The molecule has 4 aromatic heterocycles. The zero-order chi connectivity index (χ0) is 30.0. The van der Waals surface area contributed by atoms with Crippen LogP contribution in [0, 0.1) is 30.5 Å². The number of aromatic nitrogens is 5. The second kappa shape index (κ2) is 10.4. The number of nitrogens with zero attached hydrogens (tertiary/aromatic N) is 5. The summed E-state index contributed by atoms with van der Waals surface area (Å²) in [6, 6.07) is 7.85. The lowest BCUT2D eigenvalue weighted by molar-refractivity contribution is -0.157. The molecule has 0 amide bonds. The molecule has 2 atom stereocenters. The molecule has 43 heavy (non-hydrogen) atoms.